The molecule has 1 N–H and O–H groups in total. The van der Waals surface area contributed by atoms with Crippen molar-refractivity contribution in [2.45, 2.75) is 25.7 Å². The van der Waals surface area contributed by atoms with E-state index in [1.54, 1.807) is 0 Å². The fourth-order valence-electron chi connectivity index (χ4n) is 4.09. The lowest BCUT2D eigenvalue weighted by Crippen LogP contribution is -2.27. The molecular formula is C20H22N2. The summed E-state index contributed by atoms with van der Waals surface area (Å²) in [6.07, 6.45) is 5.50. The van der Waals surface area contributed by atoms with Gasteiger partial charge in [-0.3, -0.25) is 0 Å². The number of amidine groups is 1. The summed E-state index contributed by atoms with van der Waals surface area (Å²) in [5.74, 6) is 3.50. The molecule has 0 amide bonds. The van der Waals surface area contributed by atoms with Crippen LogP contribution in [0, 0.1) is 17.8 Å². The van der Waals surface area contributed by atoms with Crippen LogP contribution < -0.4 is 5.32 Å². The number of aliphatic imine (C=N–C) groups is 1. The topological polar surface area (TPSA) is 24.4 Å². The molecule has 112 valence electrons. The van der Waals surface area contributed by atoms with Crippen molar-refractivity contribution in [3.63, 3.8) is 0 Å². The average molecular weight is 290 g/mol. The SMILES string of the molecule is c1ccc(N=C(Nc2ccccc2)C2CC3CCC2C3)cc1. The number of nitrogens with zero attached hydrogens (tertiary/aromatic N) is 1. The second-order valence-corrected chi connectivity index (χ2v) is 6.60. The van der Waals surface area contributed by atoms with Gasteiger partial charge in [0.05, 0.1) is 5.69 Å². The van der Waals surface area contributed by atoms with Crippen molar-refractivity contribution in [2.24, 2.45) is 22.7 Å². The van der Waals surface area contributed by atoms with E-state index in [2.05, 4.69) is 59.9 Å². The van der Waals surface area contributed by atoms with E-state index in [4.69, 9.17) is 4.99 Å². The Labute approximate surface area is 132 Å². The van der Waals surface area contributed by atoms with Gasteiger partial charge in [0.2, 0.25) is 0 Å². The molecule has 0 heterocycles. The third kappa shape index (κ3) is 2.78. The van der Waals surface area contributed by atoms with Crippen LogP contribution in [-0.4, -0.2) is 5.84 Å². The van der Waals surface area contributed by atoms with Crippen LogP contribution in [0.2, 0.25) is 0 Å². The number of hydrogen-bond acceptors (Lipinski definition) is 1. The van der Waals surface area contributed by atoms with E-state index in [1.165, 1.54) is 25.7 Å². The van der Waals surface area contributed by atoms with E-state index in [0.717, 1.165) is 29.0 Å². The molecule has 2 heteroatoms. The van der Waals surface area contributed by atoms with Crippen molar-refractivity contribution in [3.8, 4) is 0 Å². The van der Waals surface area contributed by atoms with E-state index in [0.29, 0.717) is 5.92 Å². The number of fused-ring (bicyclic) bond motifs is 2. The van der Waals surface area contributed by atoms with Gasteiger partial charge in [-0.15, -0.1) is 0 Å². The summed E-state index contributed by atoms with van der Waals surface area (Å²) in [4.78, 5) is 4.96. The predicted molar refractivity (Wildman–Crippen MR) is 92.5 cm³/mol. The Hall–Kier alpha value is -2.09. The molecule has 0 radical (unpaired) electrons. The first-order valence-corrected chi connectivity index (χ1v) is 8.34. The number of benzene rings is 2. The fraction of sp³-hybridized carbons (Fsp3) is 0.350. The van der Waals surface area contributed by atoms with Gasteiger partial charge in [0.1, 0.15) is 5.84 Å². The first-order valence-electron chi connectivity index (χ1n) is 8.34. The first kappa shape index (κ1) is 13.6. The molecule has 0 aromatic heterocycles. The molecule has 2 aliphatic carbocycles. The van der Waals surface area contributed by atoms with E-state index in [-0.39, 0.29) is 0 Å². The van der Waals surface area contributed by atoms with Crippen LogP contribution in [0.5, 0.6) is 0 Å². The molecular weight excluding hydrogens is 268 g/mol. The van der Waals surface area contributed by atoms with E-state index < -0.39 is 0 Å². The van der Waals surface area contributed by atoms with Crippen LogP contribution in [0.15, 0.2) is 65.7 Å². The number of anilines is 1. The molecule has 2 nitrogen and oxygen atoms in total. The van der Waals surface area contributed by atoms with Crippen LogP contribution in [0.4, 0.5) is 11.4 Å². The molecule has 0 aliphatic heterocycles. The molecule has 3 atom stereocenters. The molecule has 2 aromatic carbocycles. The molecule has 2 fully saturated rings. The lowest BCUT2D eigenvalue weighted by molar-refractivity contribution is 0.415. The molecule has 3 unspecified atom stereocenters. The summed E-state index contributed by atoms with van der Waals surface area (Å²) in [5.41, 5.74) is 2.18. The third-order valence-corrected chi connectivity index (χ3v) is 5.14. The molecule has 4 rings (SSSR count). The Morgan fingerprint density at radius 3 is 2.23 bits per heavy atom. The highest BCUT2D eigenvalue weighted by molar-refractivity contribution is 5.99. The lowest BCUT2D eigenvalue weighted by atomic mass is 9.87. The predicted octanol–water partition coefficient (Wildman–Crippen LogP) is 5.26. The normalized spacial score (nSPS) is 27.1. The molecule has 2 bridgehead atoms. The summed E-state index contributed by atoms with van der Waals surface area (Å²) in [6, 6.07) is 20.8. The number of nitrogens with one attached hydrogen (secondary N) is 1. The lowest BCUT2D eigenvalue weighted by Gasteiger charge is -2.24. The standard InChI is InChI=1S/C20H22N2/c1-3-7-17(8-4-1)21-20(22-18-9-5-2-6-10-18)19-14-15-11-12-16(19)13-15/h1-10,15-16,19H,11-14H2,(H,21,22). The minimum atomic E-state index is 0.596. The van der Waals surface area contributed by atoms with E-state index in [1.807, 2.05) is 6.07 Å². The molecule has 0 spiro atoms. The molecule has 2 aliphatic rings. The van der Waals surface area contributed by atoms with Crippen molar-refractivity contribution in [2.75, 3.05) is 5.32 Å². The molecule has 22 heavy (non-hydrogen) atoms. The highest BCUT2D eigenvalue weighted by Crippen LogP contribution is 2.49. The van der Waals surface area contributed by atoms with Crippen molar-refractivity contribution < 1.29 is 0 Å². The monoisotopic (exact) mass is 290 g/mol. The molecule has 2 saturated carbocycles. The minimum absolute atomic E-state index is 0.596. The van der Waals surface area contributed by atoms with Crippen LogP contribution in [0.1, 0.15) is 25.7 Å². The summed E-state index contributed by atoms with van der Waals surface area (Å²) >= 11 is 0. The Bertz CT molecular complexity index is 648. The quantitative estimate of drug-likeness (QED) is 0.604. The van der Waals surface area contributed by atoms with Gasteiger partial charge in [0.25, 0.3) is 0 Å². The second kappa shape index (κ2) is 5.96. The highest BCUT2D eigenvalue weighted by Gasteiger charge is 2.42. The summed E-state index contributed by atoms with van der Waals surface area (Å²) in [7, 11) is 0. The third-order valence-electron chi connectivity index (χ3n) is 5.14. The van der Waals surface area contributed by atoms with Gasteiger partial charge in [-0.1, -0.05) is 42.8 Å². The Morgan fingerprint density at radius 2 is 1.59 bits per heavy atom. The Kier molecular flexibility index (Phi) is 3.67. The average Bonchev–Trinajstić information content (AvgIpc) is 3.19. The highest BCUT2D eigenvalue weighted by atomic mass is 15.0. The zero-order valence-corrected chi connectivity index (χ0v) is 12.8. The van der Waals surface area contributed by atoms with Crippen molar-refractivity contribution in [3.05, 3.63) is 60.7 Å². The Balaban J connectivity index is 1.64. The Morgan fingerprint density at radius 1 is 0.864 bits per heavy atom. The van der Waals surface area contributed by atoms with E-state index in [9.17, 15) is 0 Å². The van der Waals surface area contributed by atoms with Gasteiger partial charge >= 0.3 is 0 Å². The number of hydrogen-bond donors (Lipinski definition) is 1. The van der Waals surface area contributed by atoms with Crippen molar-refractivity contribution in [1.82, 2.24) is 0 Å². The van der Waals surface area contributed by atoms with Crippen molar-refractivity contribution in [1.29, 1.82) is 0 Å². The molecule has 0 saturated heterocycles. The van der Waals surface area contributed by atoms with Gasteiger partial charge in [-0.25, -0.2) is 4.99 Å². The summed E-state index contributed by atoms with van der Waals surface area (Å²) in [6.45, 7) is 0. The summed E-state index contributed by atoms with van der Waals surface area (Å²) < 4.78 is 0. The largest absolute Gasteiger partial charge is 0.343 e. The van der Waals surface area contributed by atoms with Crippen LogP contribution in [0.25, 0.3) is 0 Å². The van der Waals surface area contributed by atoms with Crippen LogP contribution >= 0.6 is 0 Å². The molecule has 2 aromatic rings. The van der Waals surface area contributed by atoms with Gasteiger partial charge in [-0.05, 0) is 55.4 Å². The number of para-hydroxylation sites is 2. The van der Waals surface area contributed by atoms with Gasteiger partial charge in [0, 0.05) is 11.6 Å². The van der Waals surface area contributed by atoms with E-state index >= 15 is 0 Å². The maximum atomic E-state index is 4.96. The van der Waals surface area contributed by atoms with Crippen molar-refractivity contribution >= 4 is 17.2 Å². The minimum Gasteiger partial charge on any atom is -0.343 e. The van der Waals surface area contributed by atoms with Crippen LogP contribution in [0.3, 0.4) is 0 Å². The van der Waals surface area contributed by atoms with Gasteiger partial charge < -0.3 is 5.32 Å². The maximum Gasteiger partial charge on any atom is 0.110 e. The van der Waals surface area contributed by atoms with Gasteiger partial charge in [-0.2, -0.15) is 0 Å². The second-order valence-electron chi connectivity index (χ2n) is 6.60. The number of rotatable bonds is 3. The smallest absolute Gasteiger partial charge is 0.110 e. The maximum absolute atomic E-state index is 4.96. The van der Waals surface area contributed by atoms with Gasteiger partial charge in [0.15, 0.2) is 0 Å². The zero-order valence-electron chi connectivity index (χ0n) is 12.8. The first-order chi connectivity index (χ1) is 10.9. The van der Waals surface area contributed by atoms with Crippen LogP contribution in [-0.2, 0) is 0 Å². The summed E-state index contributed by atoms with van der Waals surface area (Å²) in [5, 5.41) is 3.60. The fourth-order valence-corrected chi connectivity index (χ4v) is 4.09. The zero-order chi connectivity index (χ0) is 14.8.